The summed E-state index contributed by atoms with van der Waals surface area (Å²) in [7, 11) is 0. The number of hydrogen-bond acceptors (Lipinski definition) is 9. The highest BCUT2D eigenvalue weighted by molar-refractivity contribution is 5.97. The summed E-state index contributed by atoms with van der Waals surface area (Å²) in [5.74, 6) is -2.78. The monoisotopic (exact) mass is 626 g/mol. The number of carbonyl (C=O) groups is 3. The zero-order valence-electron chi connectivity index (χ0n) is 24.6. The number of halogens is 2. The Morgan fingerprint density at radius 3 is 2.56 bits per heavy atom. The van der Waals surface area contributed by atoms with E-state index < -0.39 is 46.8 Å². The molecular weight excluding hydrogens is 594 g/mol. The molecule has 0 aliphatic carbocycles. The zero-order valence-corrected chi connectivity index (χ0v) is 24.6. The molecule has 3 aliphatic heterocycles. The first-order valence-electron chi connectivity index (χ1n) is 14.6. The standard InChI is InChI=1S/C31H32F2N4O8/c1-15-13-44-29-26-19(28(39)20(30(40)41)11-36(15)26)10-22(33)27(29)35-7-5-17(6-8-35)14-43-23-4-3-18(9-21(23)32)37-12-24(45-31(37)42)25(34)16(2)38/h3-4,9-11,15,17,24-25H,5-8,12-14,34H2,1-2H3,(H,40,41). The molecule has 2 fully saturated rings. The molecule has 3 unspecified atom stereocenters. The molecule has 0 saturated carbocycles. The second kappa shape index (κ2) is 11.7. The minimum Gasteiger partial charge on any atom is -0.490 e. The molecule has 0 spiro atoms. The molecule has 4 heterocycles. The number of aromatic nitrogens is 1. The molecule has 0 bridgehead atoms. The molecule has 3 atom stereocenters. The minimum atomic E-state index is -1.38. The van der Waals surface area contributed by atoms with Crippen LogP contribution in [0.2, 0.25) is 0 Å². The Balaban J connectivity index is 1.12. The van der Waals surface area contributed by atoms with E-state index in [4.69, 9.17) is 19.9 Å². The van der Waals surface area contributed by atoms with Gasteiger partial charge in [-0.15, -0.1) is 0 Å². The number of pyridine rings is 1. The number of ketones is 1. The van der Waals surface area contributed by atoms with Gasteiger partial charge in [0.15, 0.2) is 23.1 Å². The Kier molecular flexibility index (Phi) is 7.85. The van der Waals surface area contributed by atoms with Gasteiger partial charge < -0.3 is 34.5 Å². The number of Topliss-reactive ketones (excluding diaryl/α,β-unsaturated/α-hetero) is 1. The maximum absolute atomic E-state index is 15.6. The molecule has 1 amide bonds. The number of benzene rings is 2. The lowest BCUT2D eigenvalue weighted by molar-refractivity contribution is -0.120. The molecule has 3 N–H and O–H groups in total. The second-order valence-corrected chi connectivity index (χ2v) is 11.7. The van der Waals surface area contributed by atoms with Crippen molar-refractivity contribution in [3.63, 3.8) is 0 Å². The maximum Gasteiger partial charge on any atom is 0.414 e. The molecule has 3 aliphatic rings. The molecule has 0 radical (unpaired) electrons. The molecule has 6 rings (SSSR count). The highest BCUT2D eigenvalue weighted by Gasteiger charge is 2.38. The van der Waals surface area contributed by atoms with Crippen LogP contribution in [0.15, 0.2) is 35.3 Å². The fourth-order valence-electron chi connectivity index (χ4n) is 6.11. The van der Waals surface area contributed by atoms with E-state index in [-0.39, 0.29) is 65.8 Å². The second-order valence-electron chi connectivity index (χ2n) is 11.7. The first kappa shape index (κ1) is 30.3. The van der Waals surface area contributed by atoms with E-state index in [2.05, 4.69) is 0 Å². The first-order valence-corrected chi connectivity index (χ1v) is 14.6. The summed E-state index contributed by atoms with van der Waals surface area (Å²) in [4.78, 5) is 51.4. The predicted octanol–water partition coefficient (Wildman–Crippen LogP) is 3.47. The topological polar surface area (TPSA) is 154 Å². The minimum absolute atomic E-state index is 0.0111. The van der Waals surface area contributed by atoms with Crippen molar-refractivity contribution in [2.24, 2.45) is 11.7 Å². The van der Waals surface area contributed by atoms with E-state index >= 15 is 4.39 Å². The van der Waals surface area contributed by atoms with E-state index in [0.29, 0.717) is 31.4 Å². The number of carboxylic acid groups (broad SMARTS) is 1. The largest absolute Gasteiger partial charge is 0.490 e. The van der Waals surface area contributed by atoms with E-state index in [9.17, 15) is 28.7 Å². The van der Waals surface area contributed by atoms with Gasteiger partial charge >= 0.3 is 12.1 Å². The van der Waals surface area contributed by atoms with Crippen molar-refractivity contribution in [1.29, 1.82) is 0 Å². The zero-order chi connectivity index (χ0) is 32.2. The van der Waals surface area contributed by atoms with Gasteiger partial charge in [0.25, 0.3) is 0 Å². The van der Waals surface area contributed by atoms with Crippen LogP contribution in [0, 0.1) is 17.6 Å². The fraction of sp³-hybridized carbons (Fsp3) is 0.419. The van der Waals surface area contributed by atoms with Crippen LogP contribution >= 0.6 is 0 Å². The van der Waals surface area contributed by atoms with Gasteiger partial charge in [0.05, 0.1) is 35.8 Å². The lowest BCUT2D eigenvalue weighted by Gasteiger charge is -2.36. The fourth-order valence-corrected chi connectivity index (χ4v) is 6.11. The number of anilines is 2. The average Bonchev–Trinajstić information content (AvgIpc) is 3.40. The molecule has 45 heavy (non-hydrogen) atoms. The van der Waals surface area contributed by atoms with Crippen LogP contribution in [0.25, 0.3) is 10.9 Å². The van der Waals surface area contributed by atoms with Crippen LogP contribution in [-0.2, 0) is 9.53 Å². The van der Waals surface area contributed by atoms with Gasteiger partial charge in [-0.05, 0) is 50.8 Å². The van der Waals surface area contributed by atoms with Gasteiger partial charge in [-0.2, -0.15) is 0 Å². The summed E-state index contributed by atoms with van der Waals surface area (Å²) in [6.45, 7) is 4.44. The van der Waals surface area contributed by atoms with Crippen molar-refractivity contribution in [2.45, 2.75) is 44.9 Å². The van der Waals surface area contributed by atoms with Crippen LogP contribution < -0.4 is 30.4 Å². The summed E-state index contributed by atoms with van der Waals surface area (Å²) in [6.07, 6.45) is 0.955. The summed E-state index contributed by atoms with van der Waals surface area (Å²) in [5.41, 5.74) is 5.44. The van der Waals surface area contributed by atoms with Crippen LogP contribution in [0.1, 0.15) is 43.1 Å². The summed E-state index contributed by atoms with van der Waals surface area (Å²) in [6, 6.07) is 3.97. The van der Waals surface area contributed by atoms with Crippen LogP contribution in [0.3, 0.4) is 0 Å². The number of nitrogens with zero attached hydrogens (tertiary/aromatic N) is 3. The predicted molar refractivity (Wildman–Crippen MR) is 158 cm³/mol. The molecule has 2 saturated heterocycles. The van der Waals surface area contributed by atoms with Crippen molar-refractivity contribution in [2.75, 3.05) is 42.6 Å². The average molecular weight is 627 g/mol. The molecule has 238 valence electrons. The molecule has 1 aromatic heterocycles. The number of carboxylic acids is 1. The lowest BCUT2D eigenvalue weighted by atomic mass is 9.96. The van der Waals surface area contributed by atoms with Crippen molar-refractivity contribution in [3.05, 3.63) is 57.9 Å². The number of piperidine rings is 1. The summed E-state index contributed by atoms with van der Waals surface area (Å²) < 4.78 is 49.1. The maximum atomic E-state index is 15.6. The van der Waals surface area contributed by atoms with Gasteiger partial charge in [-0.3, -0.25) is 14.5 Å². The third-order valence-electron chi connectivity index (χ3n) is 8.71. The van der Waals surface area contributed by atoms with Gasteiger partial charge in [0.1, 0.15) is 35.8 Å². The number of hydrogen-bond donors (Lipinski definition) is 2. The molecular formula is C31H32F2N4O8. The number of ether oxygens (including phenoxy) is 3. The van der Waals surface area contributed by atoms with Crippen molar-refractivity contribution < 1.29 is 42.5 Å². The first-order chi connectivity index (χ1) is 21.4. The number of carbonyl (C=O) groups excluding carboxylic acids is 2. The van der Waals surface area contributed by atoms with E-state index in [0.717, 1.165) is 12.1 Å². The number of amides is 1. The van der Waals surface area contributed by atoms with Gasteiger partial charge in [0.2, 0.25) is 5.43 Å². The molecule has 3 aromatic rings. The molecule has 12 nitrogen and oxygen atoms in total. The van der Waals surface area contributed by atoms with Crippen molar-refractivity contribution >= 4 is 40.1 Å². The number of aromatic carboxylic acids is 1. The highest BCUT2D eigenvalue weighted by atomic mass is 19.1. The van der Waals surface area contributed by atoms with Gasteiger partial charge in [0, 0.05) is 25.4 Å². The summed E-state index contributed by atoms with van der Waals surface area (Å²) in [5, 5.41) is 9.45. The molecule has 2 aromatic carbocycles. The van der Waals surface area contributed by atoms with Crippen LogP contribution in [-0.4, -0.2) is 72.5 Å². The third kappa shape index (κ3) is 5.43. The Hall–Kier alpha value is -4.72. The number of rotatable bonds is 8. The number of nitrogens with two attached hydrogens (primary N) is 1. The van der Waals surface area contributed by atoms with Crippen LogP contribution in [0.5, 0.6) is 11.5 Å². The summed E-state index contributed by atoms with van der Waals surface area (Å²) >= 11 is 0. The van der Waals surface area contributed by atoms with E-state index in [1.165, 1.54) is 30.2 Å². The van der Waals surface area contributed by atoms with E-state index in [1.807, 2.05) is 11.8 Å². The normalized spacial score (nSPS) is 20.6. The van der Waals surface area contributed by atoms with E-state index in [1.54, 1.807) is 4.57 Å². The van der Waals surface area contributed by atoms with Gasteiger partial charge in [-0.25, -0.2) is 18.4 Å². The van der Waals surface area contributed by atoms with Gasteiger partial charge in [-0.1, -0.05) is 0 Å². The lowest BCUT2D eigenvalue weighted by Crippen LogP contribution is -2.43. The van der Waals surface area contributed by atoms with Crippen molar-refractivity contribution in [3.8, 4) is 11.5 Å². The number of cyclic esters (lactones) is 1. The molecule has 14 heteroatoms. The van der Waals surface area contributed by atoms with Crippen LogP contribution in [0.4, 0.5) is 25.0 Å². The Morgan fingerprint density at radius 2 is 1.89 bits per heavy atom. The van der Waals surface area contributed by atoms with Crippen molar-refractivity contribution in [1.82, 2.24) is 4.57 Å². The smallest absolute Gasteiger partial charge is 0.414 e. The Labute approximate surface area is 255 Å². The third-order valence-corrected chi connectivity index (χ3v) is 8.71. The Morgan fingerprint density at radius 1 is 1.16 bits per heavy atom. The quantitative estimate of drug-likeness (QED) is 0.380. The SMILES string of the molecule is CC(=O)C(N)C1CN(c2ccc(OCC3CCN(c4c(F)cc5c(=O)c(C(=O)O)cn6c5c4OCC6C)CC3)c(F)c2)C(=O)O1. The Bertz CT molecular complexity index is 1770. The highest BCUT2D eigenvalue weighted by Crippen LogP contribution is 2.43.